The minimum Gasteiger partial charge on any atom is -0.378 e. The van der Waals surface area contributed by atoms with Crippen LogP contribution in [0.4, 0.5) is 11.4 Å². The van der Waals surface area contributed by atoms with E-state index >= 15 is 0 Å². The maximum Gasteiger partial charge on any atom is 0.257 e. The predicted octanol–water partition coefficient (Wildman–Crippen LogP) is 2.44. The number of ether oxygens (including phenoxy) is 1. The van der Waals surface area contributed by atoms with Crippen LogP contribution in [-0.2, 0) is 9.53 Å². The first-order valence-corrected chi connectivity index (χ1v) is 8.08. The van der Waals surface area contributed by atoms with Crippen molar-refractivity contribution in [2.24, 2.45) is 0 Å². The lowest BCUT2D eigenvalue weighted by molar-refractivity contribution is -0.123. The fourth-order valence-electron chi connectivity index (χ4n) is 3.03. The molecule has 1 amide bonds. The molecule has 2 atom stereocenters. The second kappa shape index (κ2) is 5.94. The summed E-state index contributed by atoms with van der Waals surface area (Å²) < 4.78 is 6.63. The van der Waals surface area contributed by atoms with Gasteiger partial charge in [-0.25, -0.2) is 0 Å². The van der Waals surface area contributed by atoms with Crippen LogP contribution in [0.1, 0.15) is 31.4 Å². The summed E-state index contributed by atoms with van der Waals surface area (Å²) in [6, 6.07) is 3.76. The molecule has 6 heteroatoms. The summed E-state index contributed by atoms with van der Waals surface area (Å²) >= 11 is 3.56. The van der Waals surface area contributed by atoms with Crippen molar-refractivity contribution in [3.63, 3.8) is 0 Å². The lowest BCUT2D eigenvalue weighted by Crippen LogP contribution is -2.39. The molecule has 5 nitrogen and oxygen atoms in total. The van der Waals surface area contributed by atoms with Crippen molar-refractivity contribution >= 4 is 33.2 Å². The number of fused-ring (bicyclic) bond motifs is 1. The number of carbonyl (C=O) groups excluding carboxylic acids is 1. The third kappa shape index (κ3) is 2.80. The molecule has 1 aromatic carbocycles. The molecule has 0 aromatic heterocycles. The van der Waals surface area contributed by atoms with E-state index in [9.17, 15) is 9.90 Å². The summed E-state index contributed by atoms with van der Waals surface area (Å²) in [5.41, 5.74) is 2.37. The van der Waals surface area contributed by atoms with Crippen molar-refractivity contribution in [1.29, 1.82) is 0 Å². The fourth-order valence-corrected chi connectivity index (χ4v) is 3.64. The normalized spacial score (nSPS) is 24.9. The number of piperidine rings is 1. The van der Waals surface area contributed by atoms with Gasteiger partial charge in [-0.3, -0.25) is 4.79 Å². The van der Waals surface area contributed by atoms with E-state index in [0.29, 0.717) is 11.3 Å². The highest BCUT2D eigenvalue weighted by Crippen LogP contribution is 2.39. The van der Waals surface area contributed by atoms with E-state index in [1.807, 2.05) is 19.1 Å². The number of benzene rings is 1. The van der Waals surface area contributed by atoms with Crippen LogP contribution in [0.5, 0.6) is 0 Å². The van der Waals surface area contributed by atoms with Gasteiger partial charge in [0, 0.05) is 35.4 Å². The molecule has 2 heterocycles. The molecule has 0 aliphatic carbocycles. The molecule has 114 valence electrons. The van der Waals surface area contributed by atoms with Gasteiger partial charge in [-0.05, 0) is 47.8 Å². The molecule has 0 bridgehead atoms. The minimum atomic E-state index is -1.07. The van der Waals surface area contributed by atoms with E-state index in [0.717, 1.165) is 42.7 Å². The summed E-state index contributed by atoms with van der Waals surface area (Å²) in [5.74, 6) is -0.361. The number of hydrogen-bond donors (Lipinski definition) is 2. The van der Waals surface area contributed by atoms with Gasteiger partial charge in [-0.1, -0.05) is 0 Å². The topological polar surface area (TPSA) is 61.8 Å². The van der Waals surface area contributed by atoms with Crippen molar-refractivity contribution in [2.75, 3.05) is 29.9 Å². The summed E-state index contributed by atoms with van der Waals surface area (Å²) in [6.07, 6.45) is 1.36. The maximum absolute atomic E-state index is 11.6. The van der Waals surface area contributed by atoms with Crippen LogP contribution in [0.2, 0.25) is 0 Å². The van der Waals surface area contributed by atoms with Gasteiger partial charge in [0.1, 0.15) is 0 Å². The third-order valence-corrected chi connectivity index (χ3v) is 4.68. The highest BCUT2D eigenvalue weighted by atomic mass is 79.9. The summed E-state index contributed by atoms with van der Waals surface area (Å²) in [5, 5.41) is 12.5. The number of halogens is 1. The first kappa shape index (κ1) is 14.8. The van der Waals surface area contributed by atoms with E-state index in [1.54, 1.807) is 0 Å². The van der Waals surface area contributed by atoms with Crippen molar-refractivity contribution < 1.29 is 14.6 Å². The van der Waals surface area contributed by atoms with Crippen LogP contribution < -0.4 is 10.2 Å². The molecule has 1 fully saturated rings. The van der Waals surface area contributed by atoms with Gasteiger partial charge in [-0.2, -0.15) is 0 Å². The van der Waals surface area contributed by atoms with Crippen molar-refractivity contribution in [3.05, 3.63) is 22.2 Å². The molecule has 2 aliphatic rings. The predicted molar refractivity (Wildman–Crippen MR) is 84.6 cm³/mol. The highest BCUT2D eigenvalue weighted by molar-refractivity contribution is 9.10. The monoisotopic (exact) mass is 354 g/mol. The molecule has 3 rings (SSSR count). The van der Waals surface area contributed by atoms with Crippen LogP contribution in [-0.4, -0.2) is 36.8 Å². The smallest absolute Gasteiger partial charge is 0.257 e. The largest absolute Gasteiger partial charge is 0.378 e. The number of anilines is 2. The lowest BCUT2D eigenvalue weighted by Gasteiger charge is -2.35. The average Bonchev–Trinajstić information content (AvgIpc) is 2.74. The number of rotatable bonds is 3. The zero-order valence-corrected chi connectivity index (χ0v) is 13.5. The first-order chi connectivity index (χ1) is 10.1. The van der Waals surface area contributed by atoms with Crippen LogP contribution in [0.3, 0.4) is 0 Å². The van der Waals surface area contributed by atoms with Gasteiger partial charge >= 0.3 is 0 Å². The number of amides is 1. The first-order valence-electron chi connectivity index (χ1n) is 7.29. The van der Waals surface area contributed by atoms with Crippen molar-refractivity contribution in [3.8, 4) is 0 Å². The number of aliphatic hydroxyl groups excluding tert-OH is 1. The Labute approximate surface area is 132 Å². The van der Waals surface area contributed by atoms with Crippen molar-refractivity contribution in [1.82, 2.24) is 0 Å². The Morgan fingerprint density at radius 3 is 3.10 bits per heavy atom. The van der Waals surface area contributed by atoms with Crippen LogP contribution >= 0.6 is 15.9 Å². The Morgan fingerprint density at radius 1 is 1.52 bits per heavy atom. The SMILES string of the molecule is CCOC1CCCN(c2cc3c(cc2Br)C(O)C(=O)N3)C1. The number of hydrogen-bond acceptors (Lipinski definition) is 4. The zero-order valence-electron chi connectivity index (χ0n) is 11.9. The van der Waals surface area contributed by atoms with E-state index in [2.05, 4.69) is 26.1 Å². The molecule has 0 spiro atoms. The summed E-state index contributed by atoms with van der Waals surface area (Å²) in [7, 11) is 0. The second-order valence-electron chi connectivity index (χ2n) is 5.45. The van der Waals surface area contributed by atoms with Crippen LogP contribution in [0, 0.1) is 0 Å². The van der Waals surface area contributed by atoms with E-state index in [4.69, 9.17) is 4.74 Å². The molecule has 1 saturated heterocycles. The Morgan fingerprint density at radius 2 is 2.33 bits per heavy atom. The van der Waals surface area contributed by atoms with Gasteiger partial charge in [0.05, 0.1) is 11.8 Å². The van der Waals surface area contributed by atoms with Crippen LogP contribution in [0.15, 0.2) is 16.6 Å². The lowest BCUT2D eigenvalue weighted by atomic mass is 10.1. The van der Waals surface area contributed by atoms with E-state index < -0.39 is 6.10 Å². The molecule has 2 N–H and O–H groups in total. The van der Waals surface area contributed by atoms with E-state index in [-0.39, 0.29) is 12.0 Å². The van der Waals surface area contributed by atoms with Gasteiger partial charge in [0.2, 0.25) is 0 Å². The average molecular weight is 355 g/mol. The molecular formula is C15H19BrN2O3. The number of nitrogens with zero attached hydrogens (tertiary/aromatic N) is 1. The molecule has 2 unspecified atom stereocenters. The maximum atomic E-state index is 11.6. The van der Waals surface area contributed by atoms with Crippen LogP contribution in [0.25, 0.3) is 0 Å². The fraction of sp³-hybridized carbons (Fsp3) is 0.533. The van der Waals surface area contributed by atoms with Gasteiger partial charge in [0.15, 0.2) is 6.10 Å². The number of nitrogens with one attached hydrogen (secondary N) is 1. The second-order valence-corrected chi connectivity index (χ2v) is 6.30. The molecule has 21 heavy (non-hydrogen) atoms. The summed E-state index contributed by atoms with van der Waals surface area (Å²) in [6.45, 7) is 4.56. The Kier molecular flexibility index (Phi) is 4.19. The molecule has 0 saturated carbocycles. The quantitative estimate of drug-likeness (QED) is 0.874. The highest BCUT2D eigenvalue weighted by Gasteiger charge is 2.31. The summed E-state index contributed by atoms with van der Waals surface area (Å²) in [4.78, 5) is 13.8. The zero-order chi connectivity index (χ0) is 15.0. The Balaban J connectivity index is 1.86. The molecular weight excluding hydrogens is 336 g/mol. The molecule has 0 radical (unpaired) electrons. The van der Waals surface area contributed by atoms with E-state index in [1.165, 1.54) is 0 Å². The van der Waals surface area contributed by atoms with Gasteiger partial charge < -0.3 is 20.1 Å². The minimum absolute atomic E-state index is 0.254. The van der Waals surface area contributed by atoms with Crippen molar-refractivity contribution in [2.45, 2.75) is 32.0 Å². The number of carbonyl (C=O) groups is 1. The standard InChI is InChI=1S/C15H19BrN2O3/c1-2-21-9-4-3-5-18(8-9)13-7-12-10(6-11(13)16)14(19)15(20)17-12/h6-7,9,14,19H,2-5,8H2,1H3,(H,17,20). The Bertz CT molecular complexity index is 562. The molecule has 2 aliphatic heterocycles. The third-order valence-electron chi connectivity index (χ3n) is 4.04. The van der Waals surface area contributed by atoms with Gasteiger partial charge in [-0.15, -0.1) is 0 Å². The Hall–Kier alpha value is -1.11. The molecule has 1 aromatic rings. The number of aliphatic hydroxyl groups is 1. The van der Waals surface area contributed by atoms with Gasteiger partial charge in [0.25, 0.3) is 5.91 Å².